The maximum Gasteiger partial charge on any atom is 0.309 e. The van der Waals surface area contributed by atoms with Crippen molar-refractivity contribution in [1.29, 1.82) is 0 Å². The molecule has 2 N–H and O–H groups in total. The van der Waals surface area contributed by atoms with Crippen molar-refractivity contribution < 1.29 is 24.5 Å². The van der Waals surface area contributed by atoms with Gasteiger partial charge in [0, 0.05) is 0 Å². The van der Waals surface area contributed by atoms with Crippen LogP contribution in [0.15, 0.2) is 23.3 Å². The van der Waals surface area contributed by atoms with E-state index in [1.807, 2.05) is 13.0 Å². The van der Waals surface area contributed by atoms with E-state index in [2.05, 4.69) is 4.74 Å². The van der Waals surface area contributed by atoms with E-state index in [0.717, 1.165) is 11.1 Å². The van der Waals surface area contributed by atoms with Crippen LogP contribution in [0.4, 0.5) is 0 Å². The van der Waals surface area contributed by atoms with Crippen molar-refractivity contribution in [3.8, 4) is 0 Å². The molecule has 1 saturated heterocycles. The number of carbonyl (C=O) groups is 1. The predicted molar refractivity (Wildman–Crippen MR) is 73.0 cm³/mol. The van der Waals surface area contributed by atoms with E-state index in [0.29, 0.717) is 12.8 Å². The summed E-state index contributed by atoms with van der Waals surface area (Å²) in [5, 5.41) is 20.1. The molecule has 0 radical (unpaired) electrons. The van der Waals surface area contributed by atoms with Crippen molar-refractivity contribution in [2.45, 2.75) is 57.0 Å². The van der Waals surface area contributed by atoms with Crippen LogP contribution in [0.3, 0.4) is 0 Å². The van der Waals surface area contributed by atoms with Gasteiger partial charge in [-0.05, 0) is 32.3 Å². The second-order valence-corrected chi connectivity index (χ2v) is 5.62. The third-order valence-electron chi connectivity index (χ3n) is 4.20. The van der Waals surface area contributed by atoms with Crippen LogP contribution in [-0.2, 0) is 14.3 Å². The Bertz CT molecular complexity index is 453. The number of aliphatic hydroxyl groups excluding tert-OH is 2. The van der Waals surface area contributed by atoms with Gasteiger partial charge in [0.2, 0.25) is 0 Å². The topological polar surface area (TPSA) is 79.3 Å². The van der Waals surface area contributed by atoms with E-state index in [1.54, 1.807) is 13.0 Å². The van der Waals surface area contributed by atoms with Crippen LogP contribution in [0.1, 0.15) is 33.1 Å². The summed E-state index contributed by atoms with van der Waals surface area (Å²) in [7, 11) is 1.36. The first-order valence-electron chi connectivity index (χ1n) is 6.85. The number of aliphatic hydroxyl groups is 2. The molecular weight excluding hydrogens is 260 g/mol. The van der Waals surface area contributed by atoms with Crippen molar-refractivity contribution >= 4 is 5.97 Å². The number of methoxy groups -OCH3 is 1. The standard InChI is InChI=1S/C15H22O5/c1-9(4-5-12(17)19-3)6-7-15-11(16)8-10(2)13(18)14(15)20-15/h4,8,11,13-14,16,18H,5-7H2,1-3H3/b9-4+. The molecule has 1 fully saturated rings. The molecule has 2 rings (SSSR count). The molecule has 4 unspecified atom stereocenters. The monoisotopic (exact) mass is 282 g/mol. The van der Waals surface area contributed by atoms with Crippen molar-refractivity contribution in [3.63, 3.8) is 0 Å². The van der Waals surface area contributed by atoms with E-state index in [-0.39, 0.29) is 18.5 Å². The van der Waals surface area contributed by atoms with Gasteiger partial charge in [0.15, 0.2) is 0 Å². The molecule has 5 nitrogen and oxygen atoms in total. The molecule has 2 aliphatic rings. The van der Waals surface area contributed by atoms with Crippen LogP contribution in [0.5, 0.6) is 0 Å². The number of allylic oxidation sites excluding steroid dienone is 1. The fourth-order valence-electron chi connectivity index (χ4n) is 2.68. The molecule has 1 aliphatic heterocycles. The lowest BCUT2D eigenvalue weighted by atomic mass is 9.82. The van der Waals surface area contributed by atoms with Gasteiger partial charge >= 0.3 is 5.97 Å². The maximum absolute atomic E-state index is 11.1. The summed E-state index contributed by atoms with van der Waals surface area (Å²) in [6, 6.07) is 0. The van der Waals surface area contributed by atoms with Crippen LogP contribution in [0.25, 0.3) is 0 Å². The number of ether oxygens (including phenoxy) is 2. The minimum absolute atomic E-state index is 0.254. The number of rotatable bonds is 5. The average molecular weight is 282 g/mol. The average Bonchev–Trinajstić information content (AvgIpc) is 3.17. The van der Waals surface area contributed by atoms with Gasteiger partial charge in [-0.25, -0.2) is 0 Å². The molecule has 0 saturated carbocycles. The molecule has 0 aromatic carbocycles. The zero-order valence-electron chi connectivity index (χ0n) is 12.1. The highest BCUT2D eigenvalue weighted by molar-refractivity contribution is 5.71. The van der Waals surface area contributed by atoms with Gasteiger partial charge in [0.25, 0.3) is 0 Å². The highest BCUT2D eigenvalue weighted by Gasteiger charge is 2.65. The van der Waals surface area contributed by atoms with E-state index in [1.165, 1.54) is 7.11 Å². The largest absolute Gasteiger partial charge is 0.469 e. The molecule has 1 aliphatic carbocycles. The van der Waals surface area contributed by atoms with Crippen LogP contribution < -0.4 is 0 Å². The first-order valence-corrected chi connectivity index (χ1v) is 6.85. The van der Waals surface area contributed by atoms with Gasteiger partial charge < -0.3 is 19.7 Å². The van der Waals surface area contributed by atoms with Crippen LogP contribution in [0, 0.1) is 0 Å². The second kappa shape index (κ2) is 5.68. The summed E-state index contributed by atoms with van der Waals surface area (Å²) >= 11 is 0. The van der Waals surface area contributed by atoms with Gasteiger partial charge in [0.05, 0.1) is 13.5 Å². The Morgan fingerprint density at radius 2 is 2.25 bits per heavy atom. The predicted octanol–water partition coefficient (Wildman–Crippen LogP) is 1.10. The first kappa shape index (κ1) is 15.2. The zero-order chi connectivity index (χ0) is 14.9. The van der Waals surface area contributed by atoms with E-state index in [9.17, 15) is 15.0 Å². The normalized spacial score (nSPS) is 36.1. The number of epoxide rings is 1. The summed E-state index contributed by atoms with van der Waals surface area (Å²) < 4.78 is 10.2. The summed E-state index contributed by atoms with van der Waals surface area (Å²) in [6.45, 7) is 3.73. The third kappa shape index (κ3) is 2.80. The molecule has 0 aromatic heterocycles. The quantitative estimate of drug-likeness (QED) is 0.448. The van der Waals surface area contributed by atoms with Gasteiger partial charge in [-0.15, -0.1) is 0 Å². The number of hydrogen-bond acceptors (Lipinski definition) is 5. The lowest BCUT2D eigenvalue weighted by Crippen LogP contribution is -2.39. The van der Waals surface area contributed by atoms with Crippen molar-refractivity contribution in [3.05, 3.63) is 23.3 Å². The van der Waals surface area contributed by atoms with Gasteiger partial charge in [0.1, 0.15) is 23.9 Å². The lowest BCUT2D eigenvalue weighted by molar-refractivity contribution is -0.139. The molecular formula is C15H22O5. The zero-order valence-corrected chi connectivity index (χ0v) is 12.1. The molecule has 0 aromatic rings. The Hall–Kier alpha value is -1.17. The highest BCUT2D eigenvalue weighted by Crippen LogP contribution is 2.50. The molecule has 0 bridgehead atoms. The van der Waals surface area contributed by atoms with Gasteiger partial charge in [-0.3, -0.25) is 4.79 Å². The first-order chi connectivity index (χ1) is 9.40. The minimum Gasteiger partial charge on any atom is -0.469 e. The van der Waals surface area contributed by atoms with Gasteiger partial charge in [-0.2, -0.15) is 0 Å². The Labute approximate surface area is 118 Å². The Morgan fingerprint density at radius 3 is 2.90 bits per heavy atom. The molecule has 0 spiro atoms. The Kier molecular flexibility index (Phi) is 4.32. The third-order valence-corrected chi connectivity index (χ3v) is 4.20. The Balaban J connectivity index is 1.91. The maximum atomic E-state index is 11.1. The number of hydrogen-bond donors (Lipinski definition) is 2. The molecule has 0 amide bonds. The number of fused-ring (bicyclic) bond motifs is 1. The van der Waals surface area contributed by atoms with E-state index >= 15 is 0 Å². The number of esters is 1. The van der Waals surface area contributed by atoms with E-state index < -0.39 is 17.8 Å². The highest BCUT2D eigenvalue weighted by atomic mass is 16.6. The van der Waals surface area contributed by atoms with E-state index in [4.69, 9.17) is 4.74 Å². The number of carbonyl (C=O) groups excluding carboxylic acids is 1. The van der Waals surface area contributed by atoms with Crippen molar-refractivity contribution in [1.82, 2.24) is 0 Å². The molecule has 112 valence electrons. The molecule has 1 heterocycles. The lowest BCUT2D eigenvalue weighted by Gasteiger charge is -2.24. The van der Waals surface area contributed by atoms with Crippen molar-refractivity contribution in [2.24, 2.45) is 0 Å². The van der Waals surface area contributed by atoms with Gasteiger partial charge in [-0.1, -0.05) is 17.7 Å². The minimum atomic E-state index is -0.677. The van der Waals surface area contributed by atoms with Crippen LogP contribution >= 0.6 is 0 Å². The molecule has 20 heavy (non-hydrogen) atoms. The molecule has 4 atom stereocenters. The van der Waals surface area contributed by atoms with Crippen LogP contribution in [-0.4, -0.2) is 47.2 Å². The summed E-state index contributed by atoms with van der Waals surface area (Å²) in [6.07, 6.45) is 3.48. The second-order valence-electron chi connectivity index (χ2n) is 5.62. The smallest absolute Gasteiger partial charge is 0.309 e. The summed E-state index contributed by atoms with van der Waals surface area (Å²) in [5.74, 6) is -0.269. The fraction of sp³-hybridized carbons (Fsp3) is 0.667. The van der Waals surface area contributed by atoms with Crippen LogP contribution in [0.2, 0.25) is 0 Å². The summed E-state index contributed by atoms with van der Waals surface area (Å²) in [4.78, 5) is 11.1. The molecule has 5 heteroatoms. The summed E-state index contributed by atoms with van der Waals surface area (Å²) in [5.41, 5.74) is 1.15. The SMILES string of the molecule is COC(=O)C/C=C(\C)CCC12OC1C(O)C(C)=CC2O. The Morgan fingerprint density at radius 1 is 1.55 bits per heavy atom. The van der Waals surface area contributed by atoms with Crippen molar-refractivity contribution in [2.75, 3.05) is 7.11 Å². The fourth-order valence-corrected chi connectivity index (χ4v) is 2.68.